The molecule has 0 spiro atoms. The van der Waals surface area contributed by atoms with Crippen LogP contribution in [0.5, 0.6) is 0 Å². The van der Waals surface area contributed by atoms with Gasteiger partial charge in [0.15, 0.2) is 21.4 Å². The van der Waals surface area contributed by atoms with Crippen molar-refractivity contribution in [3.63, 3.8) is 0 Å². The number of sulfone groups is 1. The van der Waals surface area contributed by atoms with Crippen LogP contribution >= 0.6 is 0 Å². The van der Waals surface area contributed by atoms with E-state index in [1.807, 2.05) is 51.1 Å². The smallest absolute Gasteiger partial charge is 0.232 e. The van der Waals surface area contributed by atoms with Crippen molar-refractivity contribution < 1.29 is 17.5 Å². The van der Waals surface area contributed by atoms with E-state index >= 15 is 0 Å². The summed E-state index contributed by atoms with van der Waals surface area (Å²) in [4.78, 5) is 4.16. The monoisotopic (exact) mass is 361 g/mol. The fourth-order valence-electron chi connectivity index (χ4n) is 2.21. The summed E-state index contributed by atoms with van der Waals surface area (Å²) in [5, 5.41) is 7.60. The van der Waals surface area contributed by atoms with E-state index in [4.69, 9.17) is 9.05 Å². The molecule has 2 heterocycles. The van der Waals surface area contributed by atoms with E-state index in [2.05, 4.69) is 15.3 Å². The summed E-state index contributed by atoms with van der Waals surface area (Å²) in [6.45, 7) is 5.75. The van der Waals surface area contributed by atoms with Gasteiger partial charge in [-0.25, -0.2) is 8.42 Å². The molecule has 0 aliphatic rings. The minimum Gasteiger partial charge on any atom is -0.356 e. The SMILES string of the molecule is CC(C)(C)c1nc(CS(=O)(=O)Cc2cc(-c3ccccc3)on2)no1. The molecule has 0 radical (unpaired) electrons. The van der Waals surface area contributed by atoms with Gasteiger partial charge in [-0.2, -0.15) is 4.98 Å². The molecule has 132 valence electrons. The minimum absolute atomic E-state index is 0.150. The van der Waals surface area contributed by atoms with E-state index in [0.717, 1.165) is 5.56 Å². The van der Waals surface area contributed by atoms with Crippen molar-refractivity contribution in [3.8, 4) is 11.3 Å². The van der Waals surface area contributed by atoms with Gasteiger partial charge in [-0.05, 0) is 0 Å². The Kier molecular flexibility index (Phi) is 4.47. The van der Waals surface area contributed by atoms with Gasteiger partial charge in [-0.1, -0.05) is 61.4 Å². The predicted octanol–water partition coefficient (Wildman–Crippen LogP) is 3.14. The Labute approximate surface area is 146 Å². The molecule has 25 heavy (non-hydrogen) atoms. The molecule has 2 aromatic heterocycles. The van der Waals surface area contributed by atoms with E-state index in [9.17, 15) is 8.42 Å². The lowest BCUT2D eigenvalue weighted by molar-refractivity contribution is 0.319. The van der Waals surface area contributed by atoms with Gasteiger partial charge in [-0.3, -0.25) is 0 Å². The van der Waals surface area contributed by atoms with Crippen LogP contribution in [-0.4, -0.2) is 23.7 Å². The normalized spacial score (nSPS) is 12.4. The number of nitrogens with zero attached hydrogens (tertiary/aromatic N) is 3. The number of aromatic nitrogens is 3. The largest absolute Gasteiger partial charge is 0.356 e. The molecule has 0 saturated carbocycles. The zero-order chi connectivity index (χ0) is 18.1. The van der Waals surface area contributed by atoms with Crippen LogP contribution < -0.4 is 0 Å². The van der Waals surface area contributed by atoms with E-state index in [1.54, 1.807) is 6.07 Å². The number of rotatable bonds is 5. The predicted molar refractivity (Wildman–Crippen MR) is 91.3 cm³/mol. The van der Waals surface area contributed by atoms with E-state index in [-0.39, 0.29) is 22.7 Å². The molecule has 0 fully saturated rings. The Bertz CT molecular complexity index is 953. The Morgan fingerprint density at radius 2 is 1.72 bits per heavy atom. The van der Waals surface area contributed by atoms with Crippen LogP contribution in [0, 0.1) is 0 Å². The van der Waals surface area contributed by atoms with Crippen molar-refractivity contribution >= 4 is 9.84 Å². The van der Waals surface area contributed by atoms with Crippen LogP contribution in [0.1, 0.15) is 38.2 Å². The third-order valence-corrected chi connectivity index (χ3v) is 4.88. The molecule has 0 aliphatic carbocycles. The Morgan fingerprint density at radius 1 is 1.00 bits per heavy atom. The summed E-state index contributed by atoms with van der Waals surface area (Å²) in [6.07, 6.45) is 0. The highest BCUT2D eigenvalue weighted by Gasteiger charge is 2.25. The molecule has 0 amide bonds. The van der Waals surface area contributed by atoms with Crippen molar-refractivity contribution in [2.24, 2.45) is 0 Å². The highest BCUT2D eigenvalue weighted by atomic mass is 32.2. The first-order valence-corrected chi connectivity index (χ1v) is 9.60. The molecule has 0 aliphatic heterocycles. The summed E-state index contributed by atoms with van der Waals surface area (Å²) < 4.78 is 35.1. The number of hydrogen-bond donors (Lipinski definition) is 0. The summed E-state index contributed by atoms with van der Waals surface area (Å²) >= 11 is 0. The van der Waals surface area contributed by atoms with Crippen molar-refractivity contribution in [1.29, 1.82) is 0 Å². The third kappa shape index (κ3) is 4.33. The van der Waals surface area contributed by atoms with E-state index in [0.29, 0.717) is 17.3 Å². The van der Waals surface area contributed by atoms with Crippen LogP contribution in [0.15, 0.2) is 45.4 Å². The first-order valence-electron chi connectivity index (χ1n) is 7.77. The Hall–Kier alpha value is -2.48. The lowest BCUT2D eigenvalue weighted by Crippen LogP contribution is -2.12. The first-order chi connectivity index (χ1) is 11.7. The van der Waals surface area contributed by atoms with Crippen LogP contribution in [0.4, 0.5) is 0 Å². The fourth-order valence-corrected chi connectivity index (χ4v) is 3.41. The molecular formula is C17H19N3O4S. The lowest BCUT2D eigenvalue weighted by atomic mass is 9.97. The van der Waals surface area contributed by atoms with Gasteiger partial charge in [0.2, 0.25) is 5.89 Å². The van der Waals surface area contributed by atoms with Crippen molar-refractivity contribution in [3.05, 3.63) is 53.8 Å². The second-order valence-corrected chi connectivity index (χ2v) is 8.91. The van der Waals surface area contributed by atoms with Gasteiger partial charge in [-0.15, -0.1) is 0 Å². The van der Waals surface area contributed by atoms with E-state index in [1.165, 1.54) is 0 Å². The van der Waals surface area contributed by atoms with Crippen molar-refractivity contribution in [1.82, 2.24) is 15.3 Å². The van der Waals surface area contributed by atoms with Crippen molar-refractivity contribution in [2.75, 3.05) is 0 Å². The average Bonchev–Trinajstić information content (AvgIpc) is 3.16. The molecule has 8 heteroatoms. The molecule has 3 aromatic rings. The molecule has 0 saturated heterocycles. The highest BCUT2D eigenvalue weighted by Crippen LogP contribution is 2.22. The molecular weight excluding hydrogens is 342 g/mol. The summed E-state index contributed by atoms with van der Waals surface area (Å²) in [5.74, 6) is 0.533. The molecule has 3 rings (SSSR count). The second kappa shape index (κ2) is 6.44. The minimum atomic E-state index is -3.50. The molecule has 1 aromatic carbocycles. The Balaban J connectivity index is 1.72. The van der Waals surface area contributed by atoms with Crippen LogP contribution in [0.2, 0.25) is 0 Å². The molecule has 0 atom stereocenters. The maximum atomic E-state index is 12.4. The van der Waals surface area contributed by atoms with Crippen molar-refractivity contribution in [2.45, 2.75) is 37.7 Å². The van der Waals surface area contributed by atoms with Crippen LogP contribution in [0.3, 0.4) is 0 Å². The average molecular weight is 361 g/mol. The quantitative estimate of drug-likeness (QED) is 0.688. The van der Waals surface area contributed by atoms with Gasteiger partial charge in [0.05, 0.1) is 11.4 Å². The third-order valence-electron chi connectivity index (χ3n) is 3.44. The maximum Gasteiger partial charge on any atom is 0.232 e. The van der Waals surface area contributed by atoms with Crippen LogP contribution in [-0.2, 0) is 26.8 Å². The van der Waals surface area contributed by atoms with Gasteiger partial charge in [0.1, 0.15) is 5.75 Å². The zero-order valence-corrected chi connectivity index (χ0v) is 15.1. The van der Waals surface area contributed by atoms with E-state index < -0.39 is 9.84 Å². The molecule has 7 nitrogen and oxygen atoms in total. The fraction of sp³-hybridized carbons (Fsp3) is 0.353. The highest BCUT2D eigenvalue weighted by molar-refractivity contribution is 7.89. The second-order valence-electron chi connectivity index (χ2n) is 6.85. The summed E-state index contributed by atoms with van der Waals surface area (Å²) in [6, 6.07) is 11.0. The first kappa shape index (κ1) is 17.3. The number of hydrogen-bond acceptors (Lipinski definition) is 7. The molecule has 0 N–H and O–H groups in total. The topological polar surface area (TPSA) is 99.1 Å². The van der Waals surface area contributed by atoms with Crippen LogP contribution in [0.25, 0.3) is 11.3 Å². The summed E-state index contributed by atoms with van der Waals surface area (Å²) in [7, 11) is -3.50. The molecule has 0 bridgehead atoms. The maximum absolute atomic E-state index is 12.4. The number of benzene rings is 1. The lowest BCUT2D eigenvalue weighted by Gasteiger charge is -2.10. The Morgan fingerprint density at radius 3 is 2.36 bits per heavy atom. The zero-order valence-electron chi connectivity index (χ0n) is 14.3. The van der Waals surface area contributed by atoms with Gasteiger partial charge in [0.25, 0.3) is 0 Å². The standard InChI is InChI=1S/C17H19N3O4S/c1-17(2,3)16-18-15(20-24-16)11-25(21,22)10-13-9-14(23-19-13)12-7-5-4-6-8-12/h4-9H,10-11H2,1-3H3. The summed E-state index contributed by atoms with van der Waals surface area (Å²) in [5.41, 5.74) is 0.858. The van der Waals surface area contributed by atoms with Gasteiger partial charge >= 0.3 is 0 Å². The van der Waals surface area contributed by atoms with Gasteiger partial charge in [0, 0.05) is 17.0 Å². The molecule has 0 unspecified atom stereocenters. The van der Waals surface area contributed by atoms with Gasteiger partial charge < -0.3 is 9.05 Å².